The first-order valence-electron chi connectivity index (χ1n) is 8.16. The molecule has 0 radical (unpaired) electrons. The predicted molar refractivity (Wildman–Crippen MR) is 94.6 cm³/mol. The minimum absolute atomic E-state index is 0.0715. The number of oxazole rings is 1. The number of hydrogen-bond acceptors (Lipinski definition) is 7. The van der Waals surface area contributed by atoms with E-state index < -0.39 is 5.97 Å². The number of carbonyl (C=O) groups is 1. The van der Waals surface area contributed by atoms with E-state index in [0.29, 0.717) is 23.0 Å². The molecule has 3 aromatic rings. The third-order valence-corrected chi connectivity index (χ3v) is 4.90. The van der Waals surface area contributed by atoms with E-state index in [1.807, 2.05) is 17.5 Å². The summed E-state index contributed by atoms with van der Waals surface area (Å²) in [5, 5.41) is 1.96. The number of nitrogens with zero attached hydrogens (tertiary/aromatic N) is 3. The van der Waals surface area contributed by atoms with Gasteiger partial charge >= 0.3 is 5.97 Å². The highest BCUT2D eigenvalue weighted by atomic mass is 32.1. The Balaban J connectivity index is 1.44. The maximum atomic E-state index is 12.5. The van der Waals surface area contributed by atoms with Crippen LogP contribution in [0.2, 0.25) is 0 Å². The smallest absolute Gasteiger partial charge is 0.342 e. The van der Waals surface area contributed by atoms with Crippen molar-refractivity contribution >= 4 is 23.1 Å². The number of ether oxygens (including phenoxy) is 1. The molecule has 0 aliphatic carbocycles. The van der Waals surface area contributed by atoms with Crippen LogP contribution >= 0.6 is 11.3 Å². The normalized spacial score (nSPS) is 14.0. The summed E-state index contributed by atoms with van der Waals surface area (Å²) in [6, 6.07) is 7.38. The summed E-state index contributed by atoms with van der Waals surface area (Å²) >= 11 is 1.55. The second-order valence-corrected chi connectivity index (χ2v) is 6.71. The SMILES string of the molecule is O=C(OCc1coc(-c2cccs2)n1)c1cccnc1N1CCCC1. The molecule has 0 bridgehead atoms. The van der Waals surface area contributed by atoms with E-state index in [4.69, 9.17) is 9.15 Å². The summed E-state index contributed by atoms with van der Waals surface area (Å²) in [7, 11) is 0. The third-order valence-electron chi connectivity index (χ3n) is 4.05. The summed E-state index contributed by atoms with van der Waals surface area (Å²) in [5.41, 5.74) is 1.08. The number of carbonyl (C=O) groups excluding carboxylic acids is 1. The number of hydrogen-bond donors (Lipinski definition) is 0. The first-order valence-corrected chi connectivity index (χ1v) is 9.04. The topological polar surface area (TPSA) is 68.5 Å². The van der Waals surface area contributed by atoms with Crippen molar-refractivity contribution in [1.29, 1.82) is 0 Å². The number of thiophene rings is 1. The number of rotatable bonds is 5. The van der Waals surface area contributed by atoms with Gasteiger partial charge in [-0.2, -0.15) is 0 Å². The van der Waals surface area contributed by atoms with E-state index in [9.17, 15) is 4.79 Å². The van der Waals surface area contributed by atoms with Crippen molar-refractivity contribution in [2.45, 2.75) is 19.4 Å². The summed E-state index contributed by atoms with van der Waals surface area (Å²) in [4.78, 5) is 24.3. The van der Waals surface area contributed by atoms with Crippen LogP contribution in [0.4, 0.5) is 5.82 Å². The fourth-order valence-electron chi connectivity index (χ4n) is 2.84. The third kappa shape index (κ3) is 3.41. The van der Waals surface area contributed by atoms with Crippen LogP contribution in [0.5, 0.6) is 0 Å². The zero-order valence-corrected chi connectivity index (χ0v) is 14.4. The van der Waals surface area contributed by atoms with Gasteiger partial charge in [0.05, 0.1) is 4.88 Å². The Morgan fingerprint density at radius 1 is 1.28 bits per heavy atom. The summed E-state index contributed by atoms with van der Waals surface area (Å²) in [6.07, 6.45) is 5.47. The maximum absolute atomic E-state index is 12.5. The molecule has 4 heterocycles. The van der Waals surface area contributed by atoms with Gasteiger partial charge in [0.15, 0.2) is 0 Å². The quantitative estimate of drug-likeness (QED) is 0.649. The first-order chi connectivity index (χ1) is 12.3. The van der Waals surface area contributed by atoms with Crippen molar-refractivity contribution in [2.24, 2.45) is 0 Å². The highest BCUT2D eigenvalue weighted by molar-refractivity contribution is 7.13. The molecule has 128 valence electrons. The largest absolute Gasteiger partial charge is 0.455 e. The average Bonchev–Trinajstić information content (AvgIpc) is 3.41. The number of anilines is 1. The molecule has 4 rings (SSSR count). The molecule has 25 heavy (non-hydrogen) atoms. The molecule has 1 fully saturated rings. The Kier molecular flexibility index (Phi) is 4.47. The Morgan fingerprint density at radius 3 is 2.96 bits per heavy atom. The van der Waals surface area contributed by atoms with Crippen molar-refractivity contribution in [3.05, 3.63) is 53.4 Å². The van der Waals surface area contributed by atoms with E-state index in [2.05, 4.69) is 14.9 Å². The Labute approximate surface area is 149 Å². The van der Waals surface area contributed by atoms with Crippen molar-refractivity contribution in [2.75, 3.05) is 18.0 Å². The monoisotopic (exact) mass is 355 g/mol. The van der Waals surface area contributed by atoms with Crippen LogP contribution in [-0.4, -0.2) is 29.0 Å². The molecule has 6 nitrogen and oxygen atoms in total. The van der Waals surface area contributed by atoms with E-state index >= 15 is 0 Å². The molecule has 1 aliphatic heterocycles. The van der Waals surface area contributed by atoms with E-state index in [1.165, 1.54) is 6.26 Å². The van der Waals surface area contributed by atoms with Crippen molar-refractivity contribution in [1.82, 2.24) is 9.97 Å². The zero-order chi connectivity index (χ0) is 17.1. The van der Waals surface area contributed by atoms with Crippen LogP contribution < -0.4 is 4.90 Å². The maximum Gasteiger partial charge on any atom is 0.342 e. The summed E-state index contributed by atoms with van der Waals surface area (Å²) in [6.45, 7) is 1.91. The Hall–Kier alpha value is -2.67. The second-order valence-electron chi connectivity index (χ2n) is 5.77. The highest BCUT2D eigenvalue weighted by Gasteiger charge is 2.21. The molecule has 0 amide bonds. The fraction of sp³-hybridized carbons (Fsp3) is 0.278. The molecule has 0 aromatic carbocycles. The standard InChI is InChI=1S/C18H17N3O3S/c22-18(14-5-3-7-19-16(14)21-8-1-2-9-21)24-12-13-11-23-17(20-13)15-6-4-10-25-15/h3-7,10-11H,1-2,8-9,12H2. The lowest BCUT2D eigenvalue weighted by Crippen LogP contribution is -2.22. The van der Waals surface area contributed by atoms with E-state index in [0.717, 1.165) is 30.8 Å². The Morgan fingerprint density at radius 2 is 2.16 bits per heavy atom. The summed E-state index contributed by atoms with van der Waals surface area (Å²) in [5.74, 6) is 0.847. The molecule has 1 aliphatic rings. The van der Waals surface area contributed by atoms with Gasteiger partial charge in [-0.05, 0) is 36.4 Å². The molecule has 0 saturated carbocycles. The number of pyridine rings is 1. The Bertz CT molecular complexity index is 854. The molecule has 0 atom stereocenters. The van der Waals surface area contributed by atoms with Gasteiger partial charge in [0.1, 0.15) is 29.9 Å². The van der Waals surface area contributed by atoms with Crippen LogP contribution in [0.3, 0.4) is 0 Å². The van der Waals surface area contributed by atoms with E-state index in [-0.39, 0.29) is 6.61 Å². The number of esters is 1. The lowest BCUT2D eigenvalue weighted by molar-refractivity contribution is 0.0468. The molecular weight excluding hydrogens is 338 g/mol. The lowest BCUT2D eigenvalue weighted by atomic mass is 10.2. The molecule has 0 N–H and O–H groups in total. The van der Waals surface area contributed by atoms with Crippen molar-refractivity contribution in [3.63, 3.8) is 0 Å². The number of aromatic nitrogens is 2. The van der Waals surface area contributed by atoms with Crippen LogP contribution in [0.1, 0.15) is 28.9 Å². The van der Waals surface area contributed by atoms with Gasteiger partial charge in [0.25, 0.3) is 0 Å². The van der Waals surface area contributed by atoms with Crippen LogP contribution in [0.25, 0.3) is 10.8 Å². The van der Waals surface area contributed by atoms with Gasteiger partial charge in [-0.15, -0.1) is 11.3 Å². The highest BCUT2D eigenvalue weighted by Crippen LogP contribution is 2.25. The first kappa shape index (κ1) is 15.8. The van der Waals surface area contributed by atoms with Crippen LogP contribution in [-0.2, 0) is 11.3 Å². The van der Waals surface area contributed by atoms with Gasteiger partial charge in [0.2, 0.25) is 5.89 Å². The molecular formula is C18H17N3O3S. The van der Waals surface area contributed by atoms with Crippen molar-refractivity contribution in [3.8, 4) is 10.8 Å². The van der Waals surface area contributed by atoms with Crippen molar-refractivity contribution < 1.29 is 13.9 Å². The molecule has 0 unspecified atom stereocenters. The minimum atomic E-state index is -0.393. The average molecular weight is 355 g/mol. The van der Waals surface area contributed by atoms with Gasteiger partial charge in [-0.1, -0.05) is 6.07 Å². The fourth-order valence-corrected chi connectivity index (χ4v) is 3.50. The molecule has 1 saturated heterocycles. The zero-order valence-electron chi connectivity index (χ0n) is 13.6. The lowest BCUT2D eigenvalue weighted by Gasteiger charge is -2.18. The predicted octanol–water partition coefficient (Wildman–Crippen LogP) is 3.76. The molecule has 0 spiro atoms. The molecule has 7 heteroatoms. The molecule has 3 aromatic heterocycles. The van der Waals surface area contributed by atoms with Gasteiger partial charge < -0.3 is 14.1 Å². The second kappa shape index (κ2) is 7.06. The van der Waals surface area contributed by atoms with Crippen LogP contribution in [0.15, 0.2) is 46.5 Å². The summed E-state index contributed by atoms with van der Waals surface area (Å²) < 4.78 is 10.9. The van der Waals surface area contributed by atoms with Crippen LogP contribution in [0, 0.1) is 0 Å². The van der Waals surface area contributed by atoms with Gasteiger partial charge in [0, 0.05) is 19.3 Å². The van der Waals surface area contributed by atoms with Gasteiger partial charge in [-0.3, -0.25) is 0 Å². The van der Waals surface area contributed by atoms with Gasteiger partial charge in [-0.25, -0.2) is 14.8 Å². The van der Waals surface area contributed by atoms with E-state index in [1.54, 1.807) is 29.7 Å². The minimum Gasteiger partial charge on any atom is -0.455 e.